The summed E-state index contributed by atoms with van der Waals surface area (Å²) in [5.74, 6) is -0.657. The Morgan fingerprint density at radius 3 is 2.47 bits per heavy atom. The molecule has 1 unspecified atom stereocenters. The molecule has 88 valence electrons. The van der Waals surface area contributed by atoms with Gasteiger partial charge in [-0.05, 0) is 13.8 Å². The van der Waals surface area contributed by atoms with Crippen LogP contribution in [0, 0.1) is 0 Å². The van der Waals surface area contributed by atoms with E-state index in [1.807, 2.05) is 13.8 Å². The maximum absolute atomic E-state index is 9.48. The molecule has 0 aromatic rings. The Balaban J connectivity index is 2.15. The van der Waals surface area contributed by atoms with Gasteiger partial charge < -0.3 is 24.1 Å². The average Bonchev–Trinajstić information content (AvgIpc) is 2.57. The summed E-state index contributed by atoms with van der Waals surface area (Å²) in [6.45, 7) is 3.66. The van der Waals surface area contributed by atoms with Crippen molar-refractivity contribution in [3.05, 3.63) is 0 Å². The maximum atomic E-state index is 9.48. The fourth-order valence-electron chi connectivity index (χ4n) is 2.00. The zero-order valence-corrected chi connectivity index (χ0v) is 10.4. The molecular weight excluding hydrogens is 268 g/mol. The van der Waals surface area contributed by atoms with E-state index in [2.05, 4.69) is 15.9 Å². The van der Waals surface area contributed by atoms with Gasteiger partial charge in [-0.25, -0.2) is 0 Å². The van der Waals surface area contributed by atoms with E-state index >= 15 is 0 Å². The molecule has 0 amide bonds. The van der Waals surface area contributed by atoms with E-state index in [1.54, 1.807) is 7.11 Å². The Labute approximate surface area is 96.8 Å². The number of aliphatic hydroxyl groups is 1. The fourth-order valence-corrected chi connectivity index (χ4v) is 2.43. The second kappa shape index (κ2) is 3.94. The Bertz CT molecular complexity index is 245. The molecule has 0 saturated carbocycles. The van der Waals surface area contributed by atoms with Gasteiger partial charge in [0.1, 0.15) is 23.3 Å². The van der Waals surface area contributed by atoms with Gasteiger partial charge in [-0.15, -0.1) is 0 Å². The normalized spacial score (nSPS) is 45.4. The number of halogens is 1. The van der Waals surface area contributed by atoms with E-state index in [9.17, 15) is 5.11 Å². The number of rotatable bonds is 2. The lowest BCUT2D eigenvalue weighted by Gasteiger charge is -2.24. The summed E-state index contributed by atoms with van der Waals surface area (Å²) in [6, 6.07) is 0. The molecule has 2 heterocycles. The minimum absolute atomic E-state index is 0.290. The predicted molar refractivity (Wildman–Crippen MR) is 54.4 cm³/mol. The molecule has 2 aliphatic heterocycles. The lowest BCUT2D eigenvalue weighted by Crippen LogP contribution is -2.35. The minimum atomic E-state index is -0.789. The van der Waals surface area contributed by atoms with Gasteiger partial charge in [0.25, 0.3) is 0 Å². The van der Waals surface area contributed by atoms with Crippen LogP contribution in [0.5, 0.6) is 0 Å². The minimum Gasteiger partial charge on any atom is -0.379 e. The van der Waals surface area contributed by atoms with Crippen LogP contribution >= 0.6 is 15.9 Å². The monoisotopic (exact) mass is 282 g/mol. The third-order valence-corrected chi connectivity index (χ3v) is 3.07. The van der Waals surface area contributed by atoms with Crippen molar-refractivity contribution in [1.29, 1.82) is 0 Å². The van der Waals surface area contributed by atoms with Crippen LogP contribution in [0.2, 0.25) is 0 Å². The molecule has 15 heavy (non-hydrogen) atoms. The quantitative estimate of drug-likeness (QED) is 0.752. The van der Waals surface area contributed by atoms with Crippen molar-refractivity contribution in [2.24, 2.45) is 0 Å². The Kier molecular flexibility index (Phi) is 3.09. The van der Waals surface area contributed by atoms with Crippen molar-refractivity contribution in [3.63, 3.8) is 0 Å². The maximum Gasteiger partial charge on any atom is 0.186 e. The van der Waals surface area contributed by atoms with Crippen molar-refractivity contribution in [2.75, 3.05) is 7.11 Å². The first-order chi connectivity index (χ1) is 6.94. The first kappa shape index (κ1) is 11.8. The number of hydrogen-bond donors (Lipinski definition) is 1. The van der Waals surface area contributed by atoms with Crippen molar-refractivity contribution in [2.45, 2.75) is 49.2 Å². The van der Waals surface area contributed by atoms with Crippen LogP contribution in [0.4, 0.5) is 0 Å². The van der Waals surface area contributed by atoms with Crippen LogP contribution in [0.1, 0.15) is 13.8 Å². The van der Waals surface area contributed by atoms with Gasteiger partial charge in [-0.1, -0.05) is 15.9 Å². The standard InChI is InChI=1S/C9H15BrO5/c1-9(2)14-4-5(7(10)11)13-8(12-3)6(4)15-9/h4-8,11H,1-3H3/t4-,5+,6-,7?,8-/m1/s1. The van der Waals surface area contributed by atoms with Gasteiger partial charge in [0.15, 0.2) is 12.1 Å². The molecule has 2 saturated heterocycles. The molecular formula is C9H15BrO5. The lowest BCUT2D eigenvalue weighted by molar-refractivity contribution is -0.231. The summed E-state index contributed by atoms with van der Waals surface area (Å²) in [5, 5.41) is 8.69. The molecule has 0 spiro atoms. The molecule has 2 aliphatic rings. The average molecular weight is 283 g/mol. The van der Waals surface area contributed by atoms with E-state index in [4.69, 9.17) is 18.9 Å². The van der Waals surface area contributed by atoms with E-state index < -0.39 is 23.2 Å². The van der Waals surface area contributed by atoms with Crippen molar-refractivity contribution >= 4 is 15.9 Å². The van der Waals surface area contributed by atoms with Crippen LogP contribution in [0.25, 0.3) is 0 Å². The first-order valence-corrected chi connectivity index (χ1v) is 5.72. The molecule has 5 nitrogen and oxygen atoms in total. The summed E-state index contributed by atoms with van der Waals surface area (Å²) in [4.78, 5) is 0. The number of fused-ring (bicyclic) bond motifs is 1. The van der Waals surface area contributed by atoms with Gasteiger partial charge >= 0.3 is 0 Å². The van der Waals surface area contributed by atoms with Crippen LogP contribution in [0.15, 0.2) is 0 Å². The number of hydrogen-bond acceptors (Lipinski definition) is 5. The molecule has 2 rings (SSSR count). The molecule has 0 radical (unpaired) electrons. The predicted octanol–water partition coefficient (Wildman–Crippen LogP) is 0.591. The zero-order chi connectivity index (χ0) is 11.2. The van der Waals surface area contributed by atoms with Crippen LogP contribution in [-0.4, -0.2) is 47.6 Å². The highest BCUT2D eigenvalue weighted by atomic mass is 79.9. The summed E-state index contributed by atoms with van der Waals surface area (Å²) in [5.41, 5.74) is 0. The Morgan fingerprint density at radius 1 is 1.33 bits per heavy atom. The number of alkyl halides is 1. The summed E-state index contributed by atoms with van der Waals surface area (Å²) >= 11 is 3.07. The second-order valence-electron chi connectivity index (χ2n) is 4.14. The number of aliphatic hydroxyl groups excluding tert-OH is 1. The van der Waals surface area contributed by atoms with Gasteiger partial charge in [0, 0.05) is 7.11 Å². The zero-order valence-electron chi connectivity index (χ0n) is 8.84. The van der Waals surface area contributed by atoms with Crippen molar-refractivity contribution in [3.8, 4) is 0 Å². The Morgan fingerprint density at radius 2 is 1.93 bits per heavy atom. The largest absolute Gasteiger partial charge is 0.379 e. The van der Waals surface area contributed by atoms with Crippen LogP contribution in [-0.2, 0) is 18.9 Å². The first-order valence-electron chi connectivity index (χ1n) is 4.80. The van der Waals surface area contributed by atoms with E-state index in [0.717, 1.165) is 0 Å². The summed E-state index contributed by atoms with van der Waals surface area (Å²) < 4.78 is 21.9. The third kappa shape index (κ3) is 2.07. The molecule has 0 aromatic heterocycles. The van der Waals surface area contributed by atoms with E-state index in [-0.39, 0.29) is 12.2 Å². The van der Waals surface area contributed by atoms with E-state index in [0.29, 0.717) is 0 Å². The third-order valence-electron chi connectivity index (χ3n) is 2.55. The van der Waals surface area contributed by atoms with E-state index in [1.165, 1.54) is 0 Å². The number of methoxy groups -OCH3 is 1. The molecule has 0 aliphatic carbocycles. The number of ether oxygens (including phenoxy) is 4. The van der Waals surface area contributed by atoms with Gasteiger partial charge in [0.2, 0.25) is 0 Å². The van der Waals surface area contributed by atoms with Gasteiger partial charge in [-0.3, -0.25) is 0 Å². The lowest BCUT2D eigenvalue weighted by atomic mass is 10.1. The molecule has 0 aromatic carbocycles. The molecule has 1 N–H and O–H groups in total. The topological polar surface area (TPSA) is 57.2 Å². The van der Waals surface area contributed by atoms with Crippen molar-refractivity contribution in [1.82, 2.24) is 0 Å². The fraction of sp³-hybridized carbons (Fsp3) is 1.00. The molecule has 2 fully saturated rings. The van der Waals surface area contributed by atoms with Crippen LogP contribution in [0.3, 0.4) is 0 Å². The molecule has 0 bridgehead atoms. The second-order valence-corrected chi connectivity index (χ2v) is 5.08. The Hall–Kier alpha value is 0.280. The molecule has 6 heteroatoms. The SMILES string of the molecule is CO[C@@H]1O[C@H](C(O)Br)[C@H]2OC(C)(C)O[C@@H]12. The highest BCUT2D eigenvalue weighted by molar-refractivity contribution is 9.09. The smallest absolute Gasteiger partial charge is 0.186 e. The highest BCUT2D eigenvalue weighted by Gasteiger charge is 2.57. The highest BCUT2D eigenvalue weighted by Crippen LogP contribution is 2.40. The summed E-state index contributed by atoms with van der Waals surface area (Å²) in [6.07, 6.45) is -1.56. The van der Waals surface area contributed by atoms with Gasteiger partial charge in [0.05, 0.1) is 0 Å². The molecule has 5 atom stereocenters. The summed E-state index contributed by atoms with van der Waals surface area (Å²) in [7, 11) is 1.54. The van der Waals surface area contributed by atoms with Crippen molar-refractivity contribution < 1.29 is 24.1 Å². The van der Waals surface area contributed by atoms with Crippen LogP contribution < -0.4 is 0 Å². The van der Waals surface area contributed by atoms with Gasteiger partial charge in [-0.2, -0.15) is 0 Å².